The summed E-state index contributed by atoms with van der Waals surface area (Å²) in [5.74, 6) is 2.03. The van der Waals surface area contributed by atoms with Gasteiger partial charge in [0.2, 0.25) is 6.29 Å². The first-order valence-electron chi connectivity index (χ1n) is 10.3. The number of amides is 1. The molecule has 3 unspecified atom stereocenters. The van der Waals surface area contributed by atoms with E-state index >= 15 is 0 Å². The Labute approximate surface area is 157 Å². The molecule has 0 aromatic rings. The van der Waals surface area contributed by atoms with Crippen LogP contribution in [0.5, 0.6) is 0 Å². The lowest BCUT2D eigenvalue weighted by molar-refractivity contribution is -0.153. The van der Waals surface area contributed by atoms with Gasteiger partial charge in [-0.2, -0.15) is 0 Å². The predicted octanol–water partition coefficient (Wildman–Crippen LogP) is 3.37. The first kappa shape index (κ1) is 19.7. The standard InChI is InChI=1S/C21H35NO4/c1-21(2,3)16-12-18(26-19(13-16)25-9-5-4-8-23)20(24)22-17-11-14-6-7-15(17)10-14/h12,14-17,19,23H,4-11,13H2,1-3H3,(H,22,24)/t14?,15?,16-,17?,19+/m1/s1. The Bertz CT molecular complexity index is 525. The molecule has 3 aliphatic rings. The van der Waals surface area contributed by atoms with Crippen LogP contribution >= 0.6 is 0 Å². The van der Waals surface area contributed by atoms with E-state index in [4.69, 9.17) is 14.6 Å². The van der Waals surface area contributed by atoms with E-state index in [0.29, 0.717) is 24.3 Å². The van der Waals surface area contributed by atoms with Gasteiger partial charge in [0.1, 0.15) is 0 Å². The number of aliphatic hydroxyl groups excluding tert-OH is 1. The summed E-state index contributed by atoms with van der Waals surface area (Å²) in [7, 11) is 0. The zero-order valence-electron chi connectivity index (χ0n) is 16.5. The van der Waals surface area contributed by atoms with Crippen LogP contribution in [-0.4, -0.2) is 36.6 Å². The lowest BCUT2D eigenvalue weighted by atomic mass is 9.77. The van der Waals surface area contributed by atoms with Gasteiger partial charge in [-0.3, -0.25) is 4.79 Å². The summed E-state index contributed by atoms with van der Waals surface area (Å²) in [5.41, 5.74) is 0.0500. The summed E-state index contributed by atoms with van der Waals surface area (Å²) in [5, 5.41) is 12.1. The predicted molar refractivity (Wildman–Crippen MR) is 100 cm³/mol. The van der Waals surface area contributed by atoms with Crippen molar-refractivity contribution in [2.45, 2.75) is 78.0 Å². The quantitative estimate of drug-likeness (QED) is 0.679. The Hall–Kier alpha value is -1.07. The number of rotatable bonds is 7. The Balaban J connectivity index is 1.60. The van der Waals surface area contributed by atoms with Gasteiger partial charge in [-0.05, 0) is 61.3 Å². The second kappa shape index (κ2) is 8.30. The first-order valence-corrected chi connectivity index (χ1v) is 10.3. The highest BCUT2D eigenvalue weighted by molar-refractivity contribution is 5.91. The van der Waals surface area contributed by atoms with Crippen molar-refractivity contribution in [3.63, 3.8) is 0 Å². The summed E-state index contributed by atoms with van der Waals surface area (Å²) in [4.78, 5) is 12.8. The molecule has 2 fully saturated rings. The van der Waals surface area contributed by atoms with Crippen molar-refractivity contribution in [2.75, 3.05) is 13.2 Å². The number of fused-ring (bicyclic) bond motifs is 2. The lowest BCUT2D eigenvalue weighted by Gasteiger charge is -2.36. The minimum Gasteiger partial charge on any atom is -0.459 e. The van der Waals surface area contributed by atoms with E-state index in [2.05, 4.69) is 26.1 Å². The van der Waals surface area contributed by atoms with E-state index in [-0.39, 0.29) is 30.1 Å². The third-order valence-corrected chi connectivity index (χ3v) is 6.30. The lowest BCUT2D eigenvalue weighted by Crippen LogP contribution is -2.42. The van der Waals surface area contributed by atoms with E-state index in [1.165, 1.54) is 19.3 Å². The van der Waals surface area contributed by atoms with Crippen molar-refractivity contribution in [2.24, 2.45) is 23.2 Å². The fourth-order valence-corrected chi connectivity index (χ4v) is 4.61. The fraction of sp³-hybridized carbons (Fsp3) is 0.857. The average molecular weight is 366 g/mol. The van der Waals surface area contributed by atoms with Crippen molar-refractivity contribution in [3.8, 4) is 0 Å². The van der Waals surface area contributed by atoms with Gasteiger partial charge in [0.05, 0.1) is 6.61 Å². The van der Waals surface area contributed by atoms with Gasteiger partial charge >= 0.3 is 0 Å². The second-order valence-electron chi connectivity index (χ2n) is 9.34. The highest BCUT2D eigenvalue weighted by Gasteiger charge is 2.41. The number of hydrogen-bond acceptors (Lipinski definition) is 4. The second-order valence-corrected chi connectivity index (χ2v) is 9.34. The van der Waals surface area contributed by atoms with Crippen LogP contribution in [0.1, 0.15) is 65.7 Å². The Morgan fingerprint density at radius 3 is 2.69 bits per heavy atom. The molecule has 0 aromatic heterocycles. The van der Waals surface area contributed by atoms with E-state index in [9.17, 15) is 4.79 Å². The van der Waals surface area contributed by atoms with Crippen LogP contribution in [0, 0.1) is 23.2 Å². The zero-order valence-corrected chi connectivity index (χ0v) is 16.5. The number of hydrogen-bond donors (Lipinski definition) is 2. The summed E-state index contributed by atoms with van der Waals surface area (Å²) >= 11 is 0. The Kier molecular flexibility index (Phi) is 6.29. The van der Waals surface area contributed by atoms with Gasteiger partial charge in [-0.15, -0.1) is 0 Å². The van der Waals surface area contributed by atoms with Gasteiger partial charge in [0.25, 0.3) is 5.91 Å². The van der Waals surface area contributed by atoms with Gasteiger partial charge in [-0.1, -0.05) is 27.2 Å². The number of carbonyl (C=O) groups excluding carboxylic acids is 1. The zero-order chi connectivity index (χ0) is 18.7. The van der Waals surface area contributed by atoms with Crippen molar-refractivity contribution in [3.05, 3.63) is 11.8 Å². The molecule has 148 valence electrons. The van der Waals surface area contributed by atoms with Crippen LogP contribution in [0.25, 0.3) is 0 Å². The molecule has 1 heterocycles. The highest BCUT2D eigenvalue weighted by atomic mass is 16.7. The van der Waals surface area contributed by atoms with E-state index in [1.54, 1.807) is 0 Å². The summed E-state index contributed by atoms with van der Waals surface area (Å²) < 4.78 is 11.8. The molecule has 2 bridgehead atoms. The number of unbranched alkanes of at least 4 members (excludes halogenated alkanes) is 1. The number of carbonyl (C=O) groups is 1. The molecular formula is C21H35NO4. The molecule has 1 aliphatic heterocycles. The monoisotopic (exact) mass is 365 g/mol. The molecule has 3 rings (SSSR count). The summed E-state index contributed by atoms with van der Waals surface area (Å²) in [6.45, 7) is 7.29. The molecule has 5 atom stereocenters. The topological polar surface area (TPSA) is 67.8 Å². The molecule has 0 saturated heterocycles. The molecule has 1 amide bonds. The maximum absolute atomic E-state index is 12.8. The minimum atomic E-state index is -0.385. The minimum absolute atomic E-state index is 0.0500. The van der Waals surface area contributed by atoms with E-state index in [1.807, 2.05) is 6.08 Å². The summed E-state index contributed by atoms with van der Waals surface area (Å²) in [6, 6.07) is 0.310. The molecule has 2 N–H and O–H groups in total. The van der Waals surface area contributed by atoms with Gasteiger partial charge in [0, 0.05) is 19.1 Å². The van der Waals surface area contributed by atoms with Crippen LogP contribution in [-0.2, 0) is 14.3 Å². The maximum Gasteiger partial charge on any atom is 0.286 e. The SMILES string of the molecule is CC(C)(C)[C@@H]1C=C(C(=O)NC2CC3CCC2C3)O[C@H](OCCCCO)C1. The Morgan fingerprint density at radius 2 is 2.08 bits per heavy atom. The molecule has 0 radical (unpaired) electrons. The maximum atomic E-state index is 12.8. The smallest absolute Gasteiger partial charge is 0.286 e. The van der Waals surface area contributed by atoms with Crippen molar-refractivity contribution >= 4 is 5.91 Å². The van der Waals surface area contributed by atoms with Crippen LogP contribution in [0.3, 0.4) is 0 Å². The number of ether oxygens (including phenoxy) is 2. The van der Waals surface area contributed by atoms with Crippen molar-refractivity contribution in [1.82, 2.24) is 5.32 Å². The largest absolute Gasteiger partial charge is 0.459 e. The van der Waals surface area contributed by atoms with Gasteiger partial charge in [0.15, 0.2) is 5.76 Å². The molecule has 2 aliphatic carbocycles. The third-order valence-electron chi connectivity index (χ3n) is 6.30. The van der Waals surface area contributed by atoms with Gasteiger partial charge in [-0.25, -0.2) is 0 Å². The van der Waals surface area contributed by atoms with Crippen molar-refractivity contribution in [1.29, 1.82) is 0 Å². The average Bonchev–Trinajstić information content (AvgIpc) is 3.20. The highest BCUT2D eigenvalue weighted by Crippen LogP contribution is 2.44. The normalized spacial score (nSPS) is 33.7. The fourth-order valence-electron chi connectivity index (χ4n) is 4.61. The van der Waals surface area contributed by atoms with Crippen LogP contribution < -0.4 is 5.32 Å². The molecule has 26 heavy (non-hydrogen) atoms. The summed E-state index contributed by atoms with van der Waals surface area (Å²) in [6.07, 6.45) is 8.85. The molecular weight excluding hydrogens is 330 g/mol. The molecule has 0 spiro atoms. The van der Waals surface area contributed by atoms with Crippen LogP contribution in [0.15, 0.2) is 11.8 Å². The van der Waals surface area contributed by atoms with Crippen molar-refractivity contribution < 1.29 is 19.4 Å². The number of aliphatic hydroxyl groups is 1. The number of allylic oxidation sites excluding steroid dienone is 1. The van der Waals surface area contributed by atoms with Gasteiger partial charge < -0.3 is 19.9 Å². The first-order chi connectivity index (χ1) is 12.4. The molecule has 5 nitrogen and oxygen atoms in total. The van der Waals surface area contributed by atoms with E-state index < -0.39 is 0 Å². The number of nitrogens with one attached hydrogen (secondary N) is 1. The molecule has 5 heteroatoms. The van der Waals surface area contributed by atoms with Crippen LogP contribution in [0.2, 0.25) is 0 Å². The Morgan fingerprint density at radius 1 is 1.27 bits per heavy atom. The van der Waals surface area contributed by atoms with Crippen LogP contribution in [0.4, 0.5) is 0 Å². The molecule has 2 saturated carbocycles. The van der Waals surface area contributed by atoms with E-state index in [0.717, 1.165) is 31.6 Å². The third kappa shape index (κ3) is 4.80. The molecule has 0 aromatic carbocycles.